The van der Waals surface area contributed by atoms with Crippen LogP contribution in [0.3, 0.4) is 0 Å². The quantitative estimate of drug-likeness (QED) is 0.629. The Balaban J connectivity index is 1.64. The van der Waals surface area contributed by atoms with Crippen molar-refractivity contribution in [2.24, 2.45) is 7.05 Å². The first-order valence-electron chi connectivity index (χ1n) is 7.46. The molecule has 130 valence electrons. The van der Waals surface area contributed by atoms with Crippen LogP contribution in [-0.4, -0.2) is 64.1 Å². The average molecular weight is 351 g/mol. The molecule has 0 unspecified atom stereocenters. The molecular weight excluding hydrogens is 330 g/mol. The molecule has 1 aromatic heterocycles. The molecule has 0 aliphatic heterocycles. The first-order valence-corrected chi connectivity index (χ1v) is 8.44. The molecule has 0 aliphatic rings. The van der Waals surface area contributed by atoms with Crippen molar-refractivity contribution in [3.05, 3.63) is 24.3 Å². The summed E-state index contributed by atoms with van der Waals surface area (Å²) in [7, 11) is 5.16. The van der Waals surface area contributed by atoms with Gasteiger partial charge in [0.15, 0.2) is 0 Å². The minimum atomic E-state index is 0.0657. The summed E-state index contributed by atoms with van der Waals surface area (Å²) >= 11 is 1.46. The first-order chi connectivity index (χ1) is 11.6. The highest BCUT2D eigenvalue weighted by molar-refractivity contribution is 7.99. The smallest absolute Gasteiger partial charge is 0.223 e. The van der Waals surface area contributed by atoms with Crippen molar-refractivity contribution in [2.45, 2.75) is 11.6 Å². The number of hydrogen-bond acceptors (Lipinski definition) is 7. The number of amides is 1. The van der Waals surface area contributed by atoms with Crippen LogP contribution in [-0.2, 0) is 11.8 Å². The highest BCUT2D eigenvalue weighted by Crippen LogP contribution is 2.17. The van der Waals surface area contributed by atoms with Gasteiger partial charge in [0.1, 0.15) is 18.1 Å². The fourth-order valence-corrected chi connectivity index (χ4v) is 2.64. The van der Waals surface area contributed by atoms with E-state index in [9.17, 15) is 4.79 Å². The second-order valence-corrected chi connectivity index (χ2v) is 6.08. The molecule has 2 aromatic rings. The fraction of sp³-hybridized carbons (Fsp3) is 0.467. The number of hydrogen-bond donors (Lipinski definition) is 0. The summed E-state index contributed by atoms with van der Waals surface area (Å²) in [4.78, 5) is 13.7. The van der Waals surface area contributed by atoms with Crippen molar-refractivity contribution >= 4 is 17.7 Å². The molecule has 0 saturated carbocycles. The predicted molar refractivity (Wildman–Crippen MR) is 90.3 cm³/mol. The van der Waals surface area contributed by atoms with E-state index in [1.54, 1.807) is 30.8 Å². The number of rotatable bonds is 9. The van der Waals surface area contributed by atoms with Crippen LogP contribution >= 0.6 is 11.8 Å². The monoisotopic (exact) mass is 351 g/mol. The zero-order valence-corrected chi connectivity index (χ0v) is 14.8. The van der Waals surface area contributed by atoms with Crippen LogP contribution in [0.25, 0.3) is 0 Å². The number of nitrogens with zero attached hydrogens (tertiary/aromatic N) is 5. The van der Waals surface area contributed by atoms with E-state index in [0.717, 1.165) is 11.5 Å². The summed E-state index contributed by atoms with van der Waals surface area (Å²) in [5, 5.41) is 11.9. The van der Waals surface area contributed by atoms with Gasteiger partial charge in [0.25, 0.3) is 0 Å². The molecule has 0 N–H and O–H groups in total. The molecular formula is C15H21N5O3S. The highest BCUT2D eigenvalue weighted by Gasteiger charge is 2.10. The Kier molecular flexibility index (Phi) is 6.86. The van der Waals surface area contributed by atoms with E-state index < -0.39 is 0 Å². The molecule has 0 fully saturated rings. The van der Waals surface area contributed by atoms with Crippen molar-refractivity contribution < 1.29 is 14.3 Å². The summed E-state index contributed by atoms with van der Waals surface area (Å²) in [6.45, 7) is 0.968. The number of carbonyl (C=O) groups is 1. The van der Waals surface area contributed by atoms with Crippen LogP contribution in [0, 0.1) is 0 Å². The normalized spacial score (nSPS) is 10.5. The average Bonchev–Trinajstić information content (AvgIpc) is 3.00. The lowest BCUT2D eigenvalue weighted by atomic mass is 10.3. The van der Waals surface area contributed by atoms with Gasteiger partial charge in [-0.3, -0.25) is 4.79 Å². The molecule has 9 heteroatoms. The number of likely N-dealkylation sites (N-methyl/N-ethyl adjacent to an activating group) is 1. The van der Waals surface area contributed by atoms with Gasteiger partial charge < -0.3 is 14.4 Å². The Bertz CT molecular complexity index is 647. The Morgan fingerprint density at radius 2 is 2.00 bits per heavy atom. The molecule has 0 radical (unpaired) electrons. The van der Waals surface area contributed by atoms with E-state index in [-0.39, 0.29) is 5.91 Å². The Morgan fingerprint density at radius 1 is 1.29 bits per heavy atom. The van der Waals surface area contributed by atoms with Gasteiger partial charge in [-0.1, -0.05) is 11.8 Å². The molecule has 1 aromatic carbocycles. The zero-order chi connectivity index (χ0) is 17.4. The van der Waals surface area contributed by atoms with Crippen molar-refractivity contribution in [1.82, 2.24) is 25.1 Å². The first kappa shape index (κ1) is 18.1. The summed E-state index contributed by atoms with van der Waals surface area (Å²) in [5.41, 5.74) is 0. The van der Waals surface area contributed by atoms with Crippen LogP contribution in [0.5, 0.6) is 11.5 Å². The van der Waals surface area contributed by atoms with Gasteiger partial charge in [-0.15, -0.1) is 5.10 Å². The third kappa shape index (κ3) is 5.41. The molecule has 0 aliphatic carbocycles. The maximum atomic E-state index is 12.1. The van der Waals surface area contributed by atoms with Gasteiger partial charge in [-0.25, -0.2) is 4.68 Å². The van der Waals surface area contributed by atoms with E-state index >= 15 is 0 Å². The summed E-state index contributed by atoms with van der Waals surface area (Å²) in [5.74, 6) is 2.24. The number of aromatic nitrogens is 4. The highest BCUT2D eigenvalue weighted by atomic mass is 32.2. The van der Waals surface area contributed by atoms with Gasteiger partial charge in [0, 0.05) is 26.3 Å². The molecule has 8 nitrogen and oxygen atoms in total. The minimum absolute atomic E-state index is 0.0657. The zero-order valence-electron chi connectivity index (χ0n) is 14.0. The van der Waals surface area contributed by atoms with Gasteiger partial charge in [0.05, 0.1) is 13.7 Å². The Hall–Kier alpha value is -2.29. The summed E-state index contributed by atoms with van der Waals surface area (Å²) in [6.07, 6.45) is 0.427. The van der Waals surface area contributed by atoms with E-state index in [1.165, 1.54) is 11.8 Å². The third-order valence-corrected chi connectivity index (χ3v) is 4.32. The van der Waals surface area contributed by atoms with E-state index in [2.05, 4.69) is 15.5 Å². The van der Waals surface area contributed by atoms with Crippen LogP contribution in [0.1, 0.15) is 6.42 Å². The molecule has 1 heterocycles. The number of ether oxygens (including phenoxy) is 2. The maximum Gasteiger partial charge on any atom is 0.223 e. The largest absolute Gasteiger partial charge is 0.497 e. The second kappa shape index (κ2) is 9.11. The molecule has 1 amide bonds. The lowest BCUT2D eigenvalue weighted by Gasteiger charge is -2.17. The van der Waals surface area contributed by atoms with Crippen molar-refractivity contribution in [3.63, 3.8) is 0 Å². The SMILES string of the molecule is COc1ccc(OCCN(C)C(=O)CCSc2nnnn2C)cc1. The van der Waals surface area contributed by atoms with E-state index in [0.29, 0.717) is 30.5 Å². The van der Waals surface area contributed by atoms with Gasteiger partial charge in [-0.2, -0.15) is 0 Å². The van der Waals surface area contributed by atoms with Crippen LogP contribution < -0.4 is 9.47 Å². The van der Waals surface area contributed by atoms with E-state index in [4.69, 9.17) is 9.47 Å². The minimum Gasteiger partial charge on any atom is -0.497 e. The molecule has 0 saturated heterocycles. The van der Waals surface area contributed by atoms with Gasteiger partial charge in [0.2, 0.25) is 11.1 Å². The number of methoxy groups -OCH3 is 1. The topological polar surface area (TPSA) is 82.4 Å². The van der Waals surface area contributed by atoms with Crippen LogP contribution in [0.4, 0.5) is 0 Å². The van der Waals surface area contributed by atoms with Crippen molar-refractivity contribution in [2.75, 3.05) is 33.1 Å². The number of thioether (sulfide) groups is 1. The number of benzene rings is 1. The molecule has 2 rings (SSSR count). The molecule has 24 heavy (non-hydrogen) atoms. The second-order valence-electron chi connectivity index (χ2n) is 5.02. The predicted octanol–water partition coefficient (Wildman–Crippen LogP) is 1.24. The van der Waals surface area contributed by atoms with Crippen LogP contribution in [0.15, 0.2) is 29.4 Å². The number of aryl methyl sites for hydroxylation is 1. The lowest BCUT2D eigenvalue weighted by molar-refractivity contribution is -0.129. The number of carbonyl (C=O) groups excluding carboxylic acids is 1. The van der Waals surface area contributed by atoms with Crippen molar-refractivity contribution in [3.8, 4) is 11.5 Å². The Labute approximate surface area is 145 Å². The molecule has 0 bridgehead atoms. The lowest BCUT2D eigenvalue weighted by Crippen LogP contribution is -2.31. The fourth-order valence-electron chi connectivity index (χ4n) is 1.86. The standard InChI is InChI=1S/C15H21N5O3S/c1-19(9-10-23-13-6-4-12(22-3)5-7-13)14(21)8-11-24-15-16-17-18-20(15)2/h4-7H,8-11H2,1-3H3. The van der Waals surface area contributed by atoms with E-state index in [1.807, 2.05) is 24.3 Å². The Morgan fingerprint density at radius 3 is 2.62 bits per heavy atom. The molecule has 0 atom stereocenters. The van der Waals surface area contributed by atoms with Gasteiger partial charge in [-0.05, 0) is 34.7 Å². The van der Waals surface area contributed by atoms with Crippen LogP contribution in [0.2, 0.25) is 0 Å². The summed E-state index contributed by atoms with van der Waals surface area (Å²) in [6, 6.07) is 7.35. The third-order valence-electron chi connectivity index (χ3n) is 3.31. The summed E-state index contributed by atoms with van der Waals surface area (Å²) < 4.78 is 12.3. The number of tetrazole rings is 1. The molecule has 0 spiro atoms. The van der Waals surface area contributed by atoms with Crippen molar-refractivity contribution in [1.29, 1.82) is 0 Å². The maximum absolute atomic E-state index is 12.1. The van der Waals surface area contributed by atoms with Gasteiger partial charge >= 0.3 is 0 Å².